The van der Waals surface area contributed by atoms with E-state index < -0.39 is 17.5 Å². The Hall–Kier alpha value is -1.18. The first kappa shape index (κ1) is 14.9. The molecule has 0 spiro atoms. The number of carbonyl (C=O) groups excluding carboxylic acids is 1. The van der Waals surface area contributed by atoms with E-state index >= 15 is 0 Å². The summed E-state index contributed by atoms with van der Waals surface area (Å²) in [5.41, 5.74) is 5.04. The molecular weight excluding hydrogens is 240 g/mol. The van der Waals surface area contributed by atoms with E-state index in [1.807, 2.05) is 0 Å². The molecule has 18 heavy (non-hydrogen) atoms. The maximum Gasteiger partial charge on any atom is 0.332 e. The number of rotatable bonds is 6. The van der Waals surface area contributed by atoms with Gasteiger partial charge in [-0.25, -0.2) is 4.79 Å². The van der Waals surface area contributed by atoms with Gasteiger partial charge in [-0.15, -0.1) is 0 Å². The Balaban J connectivity index is 2.41. The number of carbonyl (C=O) groups is 2. The van der Waals surface area contributed by atoms with Crippen molar-refractivity contribution in [3.63, 3.8) is 0 Å². The Morgan fingerprint density at radius 3 is 2.50 bits per heavy atom. The molecule has 1 heterocycles. The molecule has 0 aromatic rings. The standard InChI is InChI=1S/C11H20N2O5/c12-7-11(2-5-18-6-3-11)10(17)13-4-1-8(14)9(15)16/h8,14H,1-7,12H2,(H,13,17)(H,15,16)/t8-/m0/s1. The van der Waals surface area contributed by atoms with Gasteiger partial charge < -0.3 is 26.0 Å². The molecule has 104 valence electrons. The monoisotopic (exact) mass is 260 g/mol. The summed E-state index contributed by atoms with van der Waals surface area (Å²) >= 11 is 0. The number of nitrogens with two attached hydrogens (primary N) is 1. The minimum atomic E-state index is -1.45. The van der Waals surface area contributed by atoms with Gasteiger partial charge in [-0.1, -0.05) is 0 Å². The van der Waals surface area contributed by atoms with Crippen molar-refractivity contribution in [1.82, 2.24) is 5.32 Å². The number of amides is 1. The molecule has 5 N–H and O–H groups in total. The van der Waals surface area contributed by atoms with Crippen molar-refractivity contribution in [2.75, 3.05) is 26.3 Å². The van der Waals surface area contributed by atoms with E-state index in [0.29, 0.717) is 26.1 Å². The molecule has 0 bridgehead atoms. The SMILES string of the molecule is NCC1(C(=O)NCC[C@H](O)C(=O)O)CCOCC1. The maximum absolute atomic E-state index is 12.0. The van der Waals surface area contributed by atoms with Gasteiger partial charge >= 0.3 is 5.97 Å². The summed E-state index contributed by atoms with van der Waals surface area (Å²) in [6, 6.07) is 0. The van der Waals surface area contributed by atoms with Crippen molar-refractivity contribution in [2.24, 2.45) is 11.1 Å². The molecule has 0 aliphatic carbocycles. The zero-order valence-corrected chi connectivity index (χ0v) is 10.2. The topological polar surface area (TPSA) is 122 Å². The van der Waals surface area contributed by atoms with Gasteiger partial charge in [-0.3, -0.25) is 4.79 Å². The minimum absolute atomic E-state index is 0.0157. The normalized spacial score (nSPS) is 20.1. The number of aliphatic hydroxyl groups is 1. The predicted molar refractivity (Wildman–Crippen MR) is 62.8 cm³/mol. The van der Waals surface area contributed by atoms with Crippen LogP contribution in [0.2, 0.25) is 0 Å². The fraction of sp³-hybridized carbons (Fsp3) is 0.818. The van der Waals surface area contributed by atoms with E-state index in [9.17, 15) is 9.59 Å². The van der Waals surface area contributed by atoms with Crippen LogP contribution in [0, 0.1) is 5.41 Å². The second-order valence-electron chi connectivity index (χ2n) is 4.50. The Kier molecular flexibility index (Phi) is 5.52. The van der Waals surface area contributed by atoms with Crippen molar-refractivity contribution in [3.8, 4) is 0 Å². The van der Waals surface area contributed by atoms with Crippen LogP contribution >= 0.6 is 0 Å². The number of carboxylic acid groups (broad SMARTS) is 1. The Bertz CT molecular complexity index is 302. The first-order valence-corrected chi connectivity index (χ1v) is 5.99. The van der Waals surface area contributed by atoms with Crippen molar-refractivity contribution in [3.05, 3.63) is 0 Å². The Morgan fingerprint density at radius 2 is 2.00 bits per heavy atom. The quantitative estimate of drug-likeness (QED) is 0.470. The van der Waals surface area contributed by atoms with Gasteiger partial charge in [-0.05, 0) is 12.8 Å². The van der Waals surface area contributed by atoms with Crippen LogP contribution in [0.15, 0.2) is 0 Å². The molecule has 0 aromatic heterocycles. The molecule has 0 aromatic carbocycles. The van der Waals surface area contributed by atoms with E-state index in [-0.39, 0.29) is 25.4 Å². The summed E-state index contributed by atoms with van der Waals surface area (Å²) in [5.74, 6) is -1.48. The molecule has 1 aliphatic rings. The number of hydrogen-bond donors (Lipinski definition) is 4. The van der Waals surface area contributed by atoms with E-state index in [0.717, 1.165) is 0 Å². The van der Waals surface area contributed by atoms with Crippen LogP contribution in [-0.2, 0) is 14.3 Å². The smallest absolute Gasteiger partial charge is 0.332 e. The molecule has 1 fully saturated rings. The average molecular weight is 260 g/mol. The number of aliphatic carboxylic acids is 1. The van der Waals surface area contributed by atoms with Crippen molar-refractivity contribution < 1.29 is 24.5 Å². The molecular formula is C11H20N2O5. The first-order valence-electron chi connectivity index (χ1n) is 5.99. The van der Waals surface area contributed by atoms with Crippen molar-refractivity contribution >= 4 is 11.9 Å². The summed E-state index contributed by atoms with van der Waals surface area (Å²) < 4.78 is 5.20. The van der Waals surface area contributed by atoms with E-state index in [1.54, 1.807) is 0 Å². The third-order valence-electron chi connectivity index (χ3n) is 3.31. The molecule has 1 aliphatic heterocycles. The number of aliphatic hydroxyl groups excluding tert-OH is 1. The minimum Gasteiger partial charge on any atom is -0.479 e. The van der Waals surface area contributed by atoms with Crippen LogP contribution in [0.25, 0.3) is 0 Å². The van der Waals surface area contributed by atoms with Crippen molar-refractivity contribution in [2.45, 2.75) is 25.4 Å². The molecule has 0 unspecified atom stereocenters. The van der Waals surface area contributed by atoms with Crippen molar-refractivity contribution in [1.29, 1.82) is 0 Å². The van der Waals surface area contributed by atoms with Gasteiger partial charge in [0.15, 0.2) is 6.10 Å². The van der Waals surface area contributed by atoms with Gasteiger partial charge in [0.2, 0.25) is 5.91 Å². The molecule has 1 saturated heterocycles. The highest BCUT2D eigenvalue weighted by Gasteiger charge is 2.38. The van der Waals surface area contributed by atoms with E-state index in [2.05, 4.69) is 5.32 Å². The van der Waals surface area contributed by atoms with Crippen LogP contribution < -0.4 is 11.1 Å². The summed E-state index contributed by atoms with van der Waals surface area (Å²) in [6.07, 6.45) is -0.333. The zero-order valence-electron chi connectivity index (χ0n) is 10.2. The van der Waals surface area contributed by atoms with Gasteiger partial charge in [0.25, 0.3) is 0 Å². The summed E-state index contributed by atoms with van der Waals surface area (Å²) in [7, 11) is 0. The van der Waals surface area contributed by atoms with Gasteiger partial charge in [0.05, 0.1) is 5.41 Å². The van der Waals surface area contributed by atoms with Gasteiger partial charge in [-0.2, -0.15) is 0 Å². The highest BCUT2D eigenvalue weighted by atomic mass is 16.5. The molecule has 7 nitrogen and oxygen atoms in total. The number of nitrogens with one attached hydrogen (secondary N) is 1. The molecule has 1 amide bonds. The fourth-order valence-electron chi connectivity index (χ4n) is 1.92. The highest BCUT2D eigenvalue weighted by Crippen LogP contribution is 2.29. The Labute approximate surface area is 105 Å². The Morgan fingerprint density at radius 1 is 1.39 bits per heavy atom. The van der Waals surface area contributed by atoms with Crippen LogP contribution in [0.5, 0.6) is 0 Å². The van der Waals surface area contributed by atoms with E-state index in [4.69, 9.17) is 20.7 Å². The van der Waals surface area contributed by atoms with Crippen LogP contribution in [-0.4, -0.2) is 54.5 Å². The number of ether oxygens (including phenoxy) is 1. The predicted octanol–water partition coefficient (Wildman–Crippen LogP) is -1.31. The molecule has 0 saturated carbocycles. The van der Waals surface area contributed by atoms with Crippen LogP contribution in [0.3, 0.4) is 0 Å². The summed E-state index contributed by atoms with van der Waals surface area (Å²) in [6.45, 7) is 1.36. The lowest BCUT2D eigenvalue weighted by Crippen LogP contribution is -2.49. The molecule has 7 heteroatoms. The van der Waals surface area contributed by atoms with Gasteiger partial charge in [0.1, 0.15) is 0 Å². The largest absolute Gasteiger partial charge is 0.479 e. The lowest BCUT2D eigenvalue weighted by atomic mass is 9.79. The lowest BCUT2D eigenvalue weighted by Gasteiger charge is -2.34. The summed E-state index contributed by atoms with van der Waals surface area (Å²) in [4.78, 5) is 22.4. The zero-order chi connectivity index (χ0) is 13.6. The van der Waals surface area contributed by atoms with E-state index in [1.165, 1.54) is 0 Å². The second-order valence-corrected chi connectivity index (χ2v) is 4.50. The third-order valence-corrected chi connectivity index (χ3v) is 3.31. The van der Waals surface area contributed by atoms with Crippen LogP contribution in [0.4, 0.5) is 0 Å². The first-order chi connectivity index (χ1) is 8.52. The molecule has 0 radical (unpaired) electrons. The molecule has 1 rings (SSSR count). The van der Waals surface area contributed by atoms with Crippen LogP contribution in [0.1, 0.15) is 19.3 Å². The second kappa shape index (κ2) is 6.67. The molecule has 1 atom stereocenters. The number of carboxylic acids is 1. The number of hydrogen-bond acceptors (Lipinski definition) is 5. The summed E-state index contributed by atoms with van der Waals surface area (Å²) in [5, 5.41) is 20.2. The average Bonchev–Trinajstić information content (AvgIpc) is 2.39. The highest BCUT2D eigenvalue weighted by molar-refractivity contribution is 5.83. The fourth-order valence-corrected chi connectivity index (χ4v) is 1.92. The lowest BCUT2D eigenvalue weighted by molar-refractivity contribution is -0.147. The maximum atomic E-state index is 12.0. The van der Waals surface area contributed by atoms with Gasteiger partial charge in [0, 0.05) is 32.7 Å². The third kappa shape index (κ3) is 3.66.